The molecule has 2 aliphatic rings. The molecule has 0 aromatic heterocycles. The summed E-state index contributed by atoms with van der Waals surface area (Å²) in [5.74, 6) is -0.591. The summed E-state index contributed by atoms with van der Waals surface area (Å²) in [5, 5.41) is 8.92. The second-order valence-corrected chi connectivity index (χ2v) is 5.22. The van der Waals surface area contributed by atoms with Crippen LogP contribution in [0.5, 0.6) is 0 Å². The third-order valence-corrected chi connectivity index (χ3v) is 4.06. The topological polar surface area (TPSA) is 83.6 Å². The van der Waals surface area contributed by atoms with Gasteiger partial charge in [0.2, 0.25) is 5.91 Å². The van der Waals surface area contributed by atoms with Crippen LogP contribution in [-0.4, -0.2) is 41.5 Å². The Bertz CT molecular complexity index is 319. The molecular formula is C12H20N2O3. The van der Waals surface area contributed by atoms with Crippen LogP contribution >= 0.6 is 0 Å². The summed E-state index contributed by atoms with van der Waals surface area (Å²) < 4.78 is 0. The first-order valence-corrected chi connectivity index (χ1v) is 6.33. The van der Waals surface area contributed by atoms with Gasteiger partial charge >= 0.3 is 5.97 Å². The molecule has 2 fully saturated rings. The molecule has 1 aliphatic carbocycles. The van der Waals surface area contributed by atoms with E-state index in [2.05, 4.69) is 0 Å². The summed E-state index contributed by atoms with van der Waals surface area (Å²) in [6.45, 7) is 2.17. The molecule has 17 heavy (non-hydrogen) atoms. The lowest BCUT2D eigenvalue weighted by Gasteiger charge is -2.20. The molecule has 96 valence electrons. The number of carbonyl (C=O) groups is 2. The maximum absolute atomic E-state index is 12.2. The molecule has 2 rings (SSSR count). The lowest BCUT2D eigenvalue weighted by atomic mass is 10.0. The highest BCUT2D eigenvalue weighted by molar-refractivity contribution is 5.81. The van der Waals surface area contributed by atoms with Crippen LogP contribution in [0.15, 0.2) is 0 Å². The van der Waals surface area contributed by atoms with Crippen LogP contribution in [0.1, 0.15) is 25.7 Å². The van der Waals surface area contributed by atoms with E-state index >= 15 is 0 Å². The minimum atomic E-state index is -0.762. The zero-order valence-electron chi connectivity index (χ0n) is 9.97. The van der Waals surface area contributed by atoms with Crippen LogP contribution in [0.4, 0.5) is 0 Å². The molecule has 5 nitrogen and oxygen atoms in total. The Hall–Kier alpha value is -1.10. The molecule has 0 bridgehead atoms. The van der Waals surface area contributed by atoms with Crippen molar-refractivity contribution in [1.82, 2.24) is 4.90 Å². The number of rotatable bonds is 3. The van der Waals surface area contributed by atoms with Gasteiger partial charge in [0.25, 0.3) is 0 Å². The summed E-state index contributed by atoms with van der Waals surface area (Å²) in [4.78, 5) is 24.9. The van der Waals surface area contributed by atoms with Crippen LogP contribution < -0.4 is 5.73 Å². The Balaban J connectivity index is 1.87. The second kappa shape index (κ2) is 5.04. The number of amides is 1. The van der Waals surface area contributed by atoms with Gasteiger partial charge in [-0.15, -0.1) is 0 Å². The van der Waals surface area contributed by atoms with Crippen LogP contribution in [-0.2, 0) is 9.59 Å². The van der Waals surface area contributed by atoms with Crippen molar-refractivity contribution in [2.24, 2.45) is 23.5 Å². The molecule has 0 spiro atoms. The first kappa shape index (κ1) is 12.4. The molecule has 0 aromatic carbocycles. The van der Waals surface area contributed by atoms with Gasteiger partial charge in [0, 0.05) is 19.0 Å². The molecule has 1 saturated heterocycles. The predicted octanol–water partition coefficient (Wildman–Crippen LogP) is 0.294. The quantitative estimate of drug-likeness (QED) is 0.743. The summed E-state index contributed by atoms with van der Waals surface area (Å²) in [5.41, 5.74) is 5.60. The Labute approximate surface area is 101 Å². The van der Waals surface area contributed by atoms with Crippen molar-refractivity contribution >= 4 is 11.9 Å². The summed E-state index contributed by atoms with van der Waals surface area (Å²) in [7, 11) is 0. The molecule has 1 heterocycles. The van der Waals surface area contributed by atoms with Gasteiger partial charge in [0.1, 0.15) is 0 Å². The number of carbonyl (C=O) groups excluding carboxylic acids is 1. The van der Waals surface area contributed by atoms with Gasteiger partial charge in [-0.25, -0.2) is 0 Å². The fourth-order valence-electron chi connectivity index (χ4n) is 2.91. The van der Waals surface area contributed by atoms with Gasteiger partial charge in [-0.05, 0) is 38.1 Å². The first-order valence-electron chi connectivity index (χ1n) is 6.33. The molecule has 5 heteroatoms. The number of nitrogens with zero attached hydrogens (tertiary/aromatic N) is 1. The Morgan fingerprint density at radius 1 is 1.24 bits per heavy atom. The van der Waals surface area contributed by atoms with Crippen molar-refractivity contribution in [3.05, 3.63) is 0 Å². The van der Waals surface area contributed by atoms with E-state index in [1.54, 1.807) is 0 Å². The monoisotopic (exact) mass is 240 g/mol. The zero-order chi connectivity index (χ0) is 12.4. The van der Waals surface area contributed by atoms with Crippen molar-refractivity contribution < 1.29 is 14.7 Å². The van der Waals surface area contributed by atoms with Gasteiger partial charge in [0.05, 0.1) is 5.92 Å². The highest BCUT2D eigenvalue weighted by Gasteiger charge is 2.37. The maximum atomic E-state index is 12.2. The van der Waals surface area contributed by atoms with Gasteiger partial charge in [-0.1, -0.05) is 0 Å². The van der Waals surface area contributed by atoms with E-state index in [1.807, 2.05) is 4.90 Å². The minimum absolute atomic E-state index is 0.0763. The third kappa shape index (κ3) is 2.60. The Kier molecular flexibility index (Phi) is 3.66. The summed E-state index contributed by atoms with van der Waals surface area (Å²) in [6.07, 6.45) is 2.86. The standard InChI is InChI=1S/C12H20N2O3/c13-6-8-3-4-14(7-8)11(15)9-1-2-10(5-9)12(16)17/h8-10H,1-7,13H2,(H,16,17)/t8?,9-,10+/m1/s1. The van der Waals surface area contributed by atoms with Crippen molar-refractivity contribution in [1.29, 1.82) is 0 Å². The average Bonchev–Trinajstić information content (AvgIpc) is 2.97. The number of carboxylic acid groups (broad SMARTS) is 1. The van der Waals surface area contributed by atoms with E-state index < -0.39 is 5.97 Å². The predicted molar refractivity (Wildman–Crippen MR) is 62.2 cm³/mol. The molecule has 3 N–H and O–H groups in total. The SMILES string of the molecule is NCC1CCN(C(=O)[C@@H]2CC[C@H](C(=O)O)C2)C1. The number of hydrogen-bond acceptors (Lipinski definition) is 3. The van der Waals surface area contributed by atoms with E-state index in [0.717, 1.165) is 25.9 Å². The van der Waals surface area contributed by atoms with Gasteiger partial charge < -0.3 is 15.7 Å². The van der Waals surface area contributed by atoms with E-state index in [1.165, 1.54) is 0 Å². The minimum Gasteiger partial charge on any atom is -0.481 e. The normalized spacial score (nSPS) is 33.0. The lowest BCUT2D eigenvalue weighted by molar-refractivity contribution is -0.141. The number of hydrogen-bond donors (Lipinski definition) is 2. The largest absolute Gasteiger partial charge is 0.481 e. The number of nitrogens with two attached hydrogens (primary N) is 1. The fourth-order valence-corrected chi connectivity index (χ4v) is 2.91. The van der Waals surface area contributed by atoms with Crippen molar-refractivity contribution in [2.75, 3.05) is 19.6 Å². The van der Waals surface area contributed by atoms with Crippen LogP contribution in [0.3, 0.4) is 0 Å². The zero-order valence-corrected chi connectivity index (χ0v) is 9.97. The van der Waals surface area contributed by atoms with Crippen LogP contribution in [0.2, 0.25) is 0 Å². The Morgan fingerprint density at radius 2 is 1.94 bits per heavy atom. The highest BCUT2D eigenvalue weighted by atomic mass is 16.4. The van der Waals surface area contributed by atoms with E-state index in [9.17, 15) is 9.59 Å². The maximum Gasteiger partial charge on any atom is 0.306 e. The van der Waals surface area contributed by atoms with E-state index in [0.29, 0.717) is 25.3 Å². The smallest absolute Gasteiger partial charge is 0.306 e. The van der Waals surface area contributed by atoms with Gasteiger partial charge in [-0.3, -0.25) is 9.59 Å². The second-order valence-electron chi connectivity index (χ2n) is 5.22. The van der Waals surface area contributed by atoms with Gasteiger partial charge in [0.15, 0.2) is 0 Å². The van der Waals surface area contributed by atoms with Crippen molar-refractivity contribution in [3.8, 4) is 0 Å². The van der Waals surface area contributed by atoms with Crippen molar-refractivity contribution in [3.63, 3.8) is 0 Å². The molecular weight excluding hydrogens is 220 g/mol. The molecule has 0 aromatic rings. The van der Waals surface area contributed by atoms with Crippen LogP contribution in [0.25, 0.3) is 0 Å². The third-order valence-electron chi connectivity index (χ3n) is 4.06. The molecule has 3 atom stereocenters. The fraction of sp³-hybridized carbons (Fsp3) is 0.833. The first-order chi connectivity index (χ1) is 8.11. The van der Waals surface area contributed by atoms with Gasteiger partial charge in [-0.2, -0.15) is 0 Å². The summed E-state index contributed by atoms with van der Waals surface area (Å²) >= 11 is 0. The molecule has 1 unspecified atom stereocenters. The van der Waals surface area contributed by atoms with E-state index in [-0.39, 0.29) is 17.7 Å². The molecule has 1 aliphatic heterocycles. The van der Waals surface area contributed by atoms with E-state index in [4.69, 9.17) is 10.8 Å². The molecule has 1 amide bonds. The lowest BCUT2D eigenvalue weighted by Crippen LogP contribution is -2.34. The number of carboxylic acids is 1. The summed E-state index contributed by atoms with van der Waals surface area (Å²) in [6, 6.07) is 0. The number of likely N-dealkylation sites (tertiary alicyclic amines) is 1. The van der Waals surface area contributed by atoms with Crippen LogP contribution in [0, 0.1) is 17.8 Å². The van der Waals surface area contributed by atoms with Crippen molar-refractivity contribution in [2.45, 2.75) is 25.7 Å². The Morgan fingerprint density at radius 3 is 2.47 bits per heavy atom. The average molecular weight is 240 g/mol. The molecule has 0 radical (unpaired) electrons. The molecule has 1 saturated carbocycles. The highest BCUT2D eigenvalue weighted by Crippen LogP contribution is 2.33. The number of aliphatic carboxylic acids is 1.